The highest BCUT2D eigenvalue weighted by Gasteiger charge is 2.21. The Morgan fingerprint density at radius 2 is 1.81 bits per heavy atom. The van der Waals surface area contributed by atoms with Crippen molar-refractivity contribution in [1.82, 2.24) is 4.57 Å². The number of nitrogens with zero attached hydrogens (tertiary/aromatic N) is 1. The molecule has 0 saturated carbocycles. The van der Waals surface area contributed by atoms with Crippen molar-refractivity contribution in [3.8, 4) is 11.5 Å². The molecule has 0 aliphatic heterocycles. The van der Waals surface area contributed by atoms with Crippen LogP contribution in [0.5, 0.6) is 11.5 Å². The van der Waals surface area contributed by atoms with Crippen molar-refractivity contribution >= 4 is 28.4 Å². The summed E-state index contributed by atoms with van der Waals surface area (Å²) in [5, 5.41) is 11.2. The zero-order valence-electron chi connectivity index (χ0n) is 17.3. The van der Waals surface area contributed by atoms with Crippen LogP contribution < -0.4 is 9.47 Å². The molecule has 0 saturated heterocycles. The number of carbonyl (C=O) groups is 2. The molecule has 0 radical (unpaired) electrons. The van der Waals surface area contributed by atoms with Gasteiger partial charge in [0.25, 0.3) is 5.78 Å². The second-order valence-corrected chi connectivity index (χ2v) is 6.61. The minimum Gasteiger partial charge on any atom is -0.507 e. The summed E-state index contributed by atoms with van der Waals surface area (Å²) in [7, 11) is 2.95. The van der Waals surface area contributed by atoms with E-state index in [4.69, 9.17) is 9.47 Å². The Morgan fingerprint density at radius 1 is 1.10 bits per heavy atom. The van der Waals surface area contributed by atoms with Crippen LogP contribution in [-0.4, -0.2) is 42.3 Å². The molecule has 3 rings (SSSR count). The summed E-state index contributed by atoms with van der Waals surface area (Å²) in [6.07, 6.45) is 2.44. The number of benzene rings is 2. The van der Waals surface area contributed by atoms with Crippen LogP contribution in [0.2, 0.25) is 0 Å². The van der Waals surface area contributed by atoms with Gasteiger partial charge in [-0.3, -0.25) is 4.79 Å². The lowest BCUT2D eigenvalue weighted by Crippen LogP contribution is -2.15. The van der Waals surface area contributed by atoms with Gasteiger partial charge in [-0.05, 0) is 36.8 Å². The predicted octanol–water partition coefficient (Wildman–Crippen LogP) is 3.88. The van der Waals surface area contributed by atoms with Crippen molar-refractivity contribution in [2.45, 2.75) is 13.5 Å². The van der Waals surface area contributed by atoms with Crippen molar-refractivity contribution in [3.05, 3.63) is 65.6 Å². The molecule has 0 unspecified atom stereocenters. The van der Waals surface area contributed by atoms with Crippen LogP contribution in [0, 0.1) is 5.82 Å². The Bertz CT molecular complexity index is 1150. The van der Waals surface area contributed by atoms with Crippen molar-refractivity contribution < 1.29 is 33.3 Å². The maximum atomic E-state index is 13.3. The standard InChI is InChI=1S/C23H22FNO6/c1-4-31-23(28)19(27)11-18(26)16-13-25(12-14-5-7-15(24)8-6-14)17-9-10-20(29-2)22(30-3)21(16)17/h5-11,13,26H,4,12H2,1-3H3/b18-11-. The Morgan fingerprint density at radius 3 is 2.42 bits per heavy atom. The van der Waals surface area contributed by atoms with Crippen LogP contribution >= 0.6 is 0 Å². The third-order valence-electron chi connectivity index (χ3n) is 4.67. The van der Waals surface area contributed by atoms with E-state index in [1.165, 1.54) is 26.4 Å². The van der Waals surface area contributed by atoms with E-state index in [0.717, 1.165) is 11.6 Å². The summed E-state index contributed by atoms with van der Waals surface area (Å²) in [4.78, 5) is 23.7. The third kappa shape index (κ3) is 4.53. The van der Waals surface area contributed by atoms with Crippen molar-refractivity contribution in [2.75, 3.05) is 20.8 Å². The van der Waals surface area contributed by atoms with Crippen molar-refractivity contribution in [2.24, 2.45) is 0 Å². The molecule has 0 amide bonds. The third-order valence-corrected chi connectivity index (χ3v) is 4.67. The molecule has 0 atom stereocenters. The number of aromatic nitrogens is 1. The van der Waals surface area contributed by atoms with E-state index in [0.29, 0.717) is 28.9 Å². The van der Waals surface area contributed by atoms with Crippen molar-refractivity contribution in [3.63, 3.8) is 0 Å². The van der Waals surface area contributed by atoms with E-state index in [1.54, 1.807) is 37.4 Å². The monoisotopic (exact) mass is 427 g/mol. The normalized spacial score (nSPS) is 11.4. The Hall–Kier alpha value is -3.81. The average Bonchev–Trinajstić information content (AvgIpc) is 3.13. The van der Waals surface area contributed by atoms with Gasteiger partial charge in [0.2, 0.25) is 0 Å². The SMILES string of the molecule is CCOC(=O)C(=O)/C=C(\O)c1cn(Cc2ccc(F)cc2)c2ccc(OC)c(OC)c12. The van der Waals surface area contributed by atoms with Crippen LogP contribution in [0.15, 0.2) is 48.7 Å². The maximum absolute atomic E-state index is 13.3. The number of hydrogen-bond donors (Lipinski definition) is 1. The maximum Gasteiger partial charge on any atom is 0.379 e. The van der Waals surface area contributed by atoms with Gasteiger partial charge in [0.15, 0.2) is 11.5 Å². The molecule has 7 nitrogen and oxygen atoms in total. The zero-order valence-corrected chi connectivity index (χ0v) is 17.3. The average molecular weight is 427 g/mol. The number of carbonyl (C=O) groups excluding carboxylic acids is 2. The molecule has 162 valence electrons. The molecule has 1 aromatic heterocycles. The van der Waals surface area contributed by atoms with Crippen molar-refractivity contribution in [1.29, 1.82) is 0 Å². The summed E-state index contributed by atoms with van der Waals surface area (Å²) in [5.74, 6) is -2.02. The lowest BCUT2D eigenvalue weighted by Gasteiger charge is -2.11. The molecule has 0 bridgehead atoms. The second kappa shape index (κ2) is 9.34. The quantitative estimate of drug-likeness (QED) is 0.254. The molecule has 31 heavy (non-hydrogen) atoms. The molecule has 0 aliphatic carbocycles. The Balaban J connectivity index is 2.15. The highest BCUT2D eigenvalue weighted by Crippen LogP contribution is 2.40. The molecule has 0 aliphatic rings. The number of halogens is 1. The fourth-order valence-corrected chi connectivity index (χ4v) is 3.28. The molecule has 3 aromatic rings. The fourth-order valence-electron chi connectivity index (χ4n) is 3.28. The van der Waals surface area contributed by atoms with Gasteiger partial charge in [-0.15, -0.1) is 0 Å². The van der Waals surface area contributed by atoms with Gasteiger partial charge in [-0.1, -0.05) is 12.1 Å². The highest BCUT2D eigenvalue weighted by molar-refractivity contribution is 6.39. The minimum atomic E-state index is -1.06. The van der Waals surface area contributed by atoms with Gasteiger partial charge in [-0.25, -0.2) is 9.18 Å². The second-order valence-electron chi connectivity index (χ2n) is 6.61. The van der Waals surface area contributed by atoms with Crippen LogP contribution in [0.3, 0.4) is 0 Å². The molecular formula is C23H22FNO6. The van der Waals surface area contributed by atoms with E-state index in [-0.39, 0.29) is 18.0 Å². The van der Waals surface area contributed by atoms with Gasteiger partial charge < -0.3 is 23.9 Å². The van der Waals surface area contributed by atoms with Gasteiger partial charge in [0.1, 0.15) is 11.6 Å². The number of fused-ring (bicyclic) bond motifs is 1. The van der Waals surface area contributed by atoms with Crippen LogP contribution in [-0.2, 0) is 20.9 Å². The largest absolute Gasteiger partial charge is 0.507 e. The number of rotatable bonds is 8. The first-order valence-electron chi connectivity index (χ1n) is 9.50. The number of esters is 1. The topological polar surface area (TPSA) is 87.0 Å². The minimum absolute atomic E-state index is 0.0428. The molecule has 0 spiro atoms. The molecule has 1 N–H and O–H groups in total. The number of methoxy groups -OCH3 is 2. The summed E-state index contributed by atoms with van der Waals surface area (Å²) in [5.41, 5.74) is 1.77. The summed E-state index contributed by atoms with van der Waals surface area (Å²) in [6.45, 7) is 1.99. The summed E-state index contributed by atoms with van der Waals surface area (Å²) < 4.78 is 30.6. The van der Waals surface area contributed by atoms with Gasteiger partial charge >= 0.3 is 5.97 Å². The van der Waals surface area contributed by atoms with E-state index in [2.05, 4.69) is 4.74 Å². The van der Waals surface area contributed by atoms with Crippen LogP contribution in [0.4, 0.5) is 4.39 Å². The summed E-state index contributed by atoms with van der Waals surface area (Å²) in [6, 6.07) is 9.53. The zero-order chi connectivity index (χ0) is 22.5. The molecule has 0 fully saturated rings. The van der Waals surface area contributed by atoms with Crippen LogP contribution in [0.1, 0.15) is 18.1 Å². The van der Waals surface area contributed by atoms with E-state index >= 15 is 0 Å². The number of ketones is 1. The number of aliphatic hydroxyl groups is 1. The smallest absolute Gasteiger partial charge is 0.379 e. The van der Waals surface area contributed by atoms with Gasteiger partial charge in [0.05, 0.1) is 31.7 Å². The predicted molar refractivity (Wildman–Crippen MR) is 113 cm³/mol. The number of aliphatic hydroxyl groups excluding tert-OH is 1. The molecular weight excluding hydrogens is 405 g/mol. The van der Waals surface area contributed by atoms with Crippen LogP contribution in [0.25, 0.3) is 16.7 Å². The lowest BCUT2D eigenvalue weighted by atomic mass is 10.1. The Labute approximate surface area is 178 Å². The van der Waals surface area contributed by atoms with Gasteiger partial charge in [0, 0.05) is 24.4 Å². The molecule has 8 heteroatoms. The first-order valence-corrected chi connectivity index (χ1v) is 9.50. The van der Waals surface area contributed by atoms with E-state index in [9.17, 15) is 19.1 Å². The van der Waals surface area contributed by atoms with Gasteiger partial charge in [-0.2, -0.15) is 0 Å². The van der Waals surface area contributed by atoms with E-state index < -0.39 is 17.5 Å². The highest BCUT2D eigenvalue weighted by atomic mass is 19.1. The summed E-state index contributed by atoms with van der Waals surface area (Å²) >= 11 is 0. The first kappa shape index (κ1) is 21.9. The molecule has 1 heterocycles. The lowest BCUT2D eigenvalue weighted by molar-refractivity contribution is -0.151. The fraction of sp³-hybridized carbons (Fsp3) is 0.217. The molecule has 2 aromatic carbocycles. The Kier molecular flexibility index (Phi) is 6.59. The number of hydrogen-bond acceptors (Lipinski definition) is 6. The van der Waals surface area contributed by atoms with E-state index in [1.807, 2.05) is 4.57 Å². The first-order chi connectivity index (χ1) is 14.9. The number of ether oxygens (including phenoxy) is 3.